The molecule has 470 valence electrons. The predicted molar refractivity (Wildman–Crippen MR) is 509 cm³/mol. The molecule has 7 aromatic carbocycles. The van der Waals surface area contributed by atoms with Crippen LogP contribution in [0.15, 0.2) is 5.47 Å². The number of aryl methyl sites for hydroxylation is 6. The average molecular weight is 1350 g/mol. The van der Waals surface area contributed by atoms with Gasteiger partial charge in [-0.05, 0) is 344 Å². The fourth-order valence-electron chi connectivity index (χ4n) is 16.7. The van der Waals surface area contributed by atoms with E-state index in [9.17, 15) is 0 Å². The highest BCUT2D eigenvalue weighted by atomic mass is 14.4. The minimum absolute atomic E-state index is 0.324. The first-order valence-corrected chi connectivity index (χ1v) is 35.9. The highest BCUT2D eigenvalue weighted by Gasteiger charge is 2.51. The minimum atomic E-state index is -1.25. The first-order valence-electron chi connectivity index (χ1n) is 35.9. The molecule has 0 aromatic heterocycles. The largest absolute Gasteiger partial charge is 0.132 e. The summed E-state index contributed by atoms with van der Waals surface area (Å²) in [5, 5.41) is 6.42. The molecular formula is C84H53B27. The Morgan fingerprint density at radius 3 is 1.14 bits per heavy atom. The molecule has 0 amide bonds. The summed E-state index contributed by atoms with van der Waals surface area (Å²) in [6, 6.07) is 0. The van der Waals surface area contributed by atoms with Crippen LogP contribution in [0.25, 0.3) is 70.8 Å². The molecule has 32 radical (unpaired) electrons. The van der Waals surface area contributed by atoms with Gasteiger partial charge in [0, 0.05) is 188 Å². The molecule has 2 unspecified atom stereocenters. The second-order valence-corrected chi connectivity index (χ2v) is 27.9. The molecule has 1 aliphatic carbocycles. The van der Waals surface area contributed by atoms with Crippen LogP contribution in [-0.4, -0.2) is 195 Å². The van der Waals surface area contributed by atoms with Crippen LogP contribution < -0.4 is 5.46 Å². The number of benzene rings is 7. The smallest absolute Gasteiger partial charge is 0.115 e. The molecule has 1 aliphatic rings. The Morgan fingerprint density at radius 2 is 0.685 bits per heavy atom. The number of fused-ring (bicyclic) bond motifs is 6. The van der Waals surface area contributed by atoms with Gasteiger partial charge in [-0.1, -0.05) is 70.0 Å². The monoisotopic (exact) mass is 1360 g/mol. The van der Waals surface area contributed by atoms with Crippen LogP contribution in [0, 0.1) is 269 Å². The molecular weight excluding hydrogens is 1300 g/mol. The molecule has 0 aliphatic heterocycles. The maximum absolute atomic E-state index is 7.79. The van der Waals surface area contributed by atoms with Crippen molar-refractivity contribution in [2.45, 2.75) is 122 Å². The molecule has 0 saturated heterocycles. The molecule has 111 heavy (non-hydrogen) atoms. The van der Waals surface area contributed by atoms with E-state index in [0.717, 1.165) is 116 Å². The maximum atomic E-state index is 7.79. The fraction of sp³-hybridized carbons (Fsp3) is 0.214. The zero-order valence-corrected chi connectivity index (χ0v) is 66.0. The highest BCUT2D eigenvalue weighted by Crippen LogP contribution is 2.58. The Bertz CT molecular complexity index is 6210. The van der Waals surface area contributed by atoms with E-state index in [0.29, 0.717) is 82.6 Å². The molecule has 0 heterocycles. The summed E-state index contributed by atoms with van der Waals surface area (Å²) in [4.78, 5) is 0. The molecule has 0 bridgehead atoms. The molecule has 2 atom stereocenters. The summed E-state index contributed by atoms with van der Waals surface area (Å²) in [5.74, 6) is 78.3. The third-order valence-electron chi connectivity index (χ3n) is 22.2. The van der Waals surface area contributed by atoms with Crippen molar-refractivity contribution < 1.29 is 0 Å². The van der Waals surface area contributed by atoms with E-state index in [-0.39, 0.29) is 0 Å². The molecule has 27 heteroatoms. The number of hydrogen-bond donors (Lipinski definition) is 0. The van der Waals surface area contributed by atoms with E-state index >= 15 is 0 Å². The van der Waals surface area contributed by atoms with Crippen molar-refractivity contribution in [2.24, 2.45) is 0 Å². The first-order chi connectivity index (χ1) is 52.8. The van der Waals surface area contributed by atoms with Crippen molar-refractivity contribution in [1.82, 2.24) is 0 Å². The minimum Gasteiger partial charge on any atom is -0.132 e. The Morgan fingerprint density at radius 1 is 0.297 bits per heavy atom. The van der Waals surface area contributed by atoms with Crippen LogP contribution in [0.1, 0.15) is 143 Å². The van der Waals surface area contributed by atoms with Gasteiger partial charge in [0.05, 0.1) is 48.2 Å². The summed E-state index contributed by atoms with van der Waals surface area (Å²) in [6.45, 7) is 28.4. The third kappa shape index (κ3) is 15.9. The maximum Gasteiger partial charge on any atom is 0.115 e. The predicted octanol–water partition coefficient (Wildman–Crippen LogP) is 4.33. The lowest BCUT2D eigenvalue weighted by molar-refractivity contribution is 0.903. The van der Waals surface area contributed by atoms with Crippen molar-refractivity contribution in [3.63, 3.8) is 0 Å². The first kappa shape index (κ1) is 87.1. The van der Waals surface area contributed by atoms with Gasteiger partial charge >= 0.3 is 0 Å². The van der Waals surface area contributed by atoms with Crippen molar-refractivity contribution in [3.05, 3.63) is 122 Å². The molecule has 0 nitrogen and oxygen atoms in total. The van der Waals surface area contributed by atoms with Gasteiger partial charge in [0.1, 0.15) is 7.85 Å². The quantitative estimate of drug-likeness (QED) is 0.0660. The number of hydrogen-bond acceptors (Lipinski definition) is 0. The van der Waals surface area contributed by atoms with E-state index < -0.39 is 75.9 Å². The normalized spacial score (nSPS) is 11.6. The van der Waals surface area contributed by atoms with E-state index in [4.69, 9.17) is 135 Å². The zero-order valence-electron chi connectivity index (χ0n) is 66.0. The lowest BCUT2D eigenvalue weighted by Gasteiger charge is -2.53. The summed E-state index contributed by atoms with van der Waals surface area (Å²) >= 11 is 0. The second-order valence-electron chi connectivity index (χ2n) is 27.9. The van der Waals surface area contributed by atoms with E-state index in [1.165, 1.54) is 14.1 Å². The SMILES string of the molecule is [B][B]B([B])B(B([B])[B])C1=C(B(B([B])[B])B([B])[B])C(B([B][B])B([B])[B])C(B([B])B([B])[B])c2c1c([B])c(C)c(C)c2-c1c(C)c(C)c(C)c2c(C)c3c(-c4c(C)c5c(C)c(C)c(C#CC)c(C#CC#C)c5c5c(C#CC#CC)c(C#CC#CC#C)c(C#CC#CC#CC)c(C#CC#CC#CC#C)c45)c(C)c(C)c(C)c3c(C)c12. The van der Waals surface area contributed by atoms with Gasteiger partial charge < -0.3 is 0 Å². The summed E-state index contributed by atoms with van der Waals surface area (Å²) in [6.07, 6.45) is 10.2. The Kier molecular flexibility index (Phi) is 29.2. The van der Waals surface area contributed by atoms with Crippen LogP contribution in [0.3, 0.4) is 0 Å². The lowest BCUT2D eigenvalue weighted by Crippen LogP contribution is -2.64. The molecule has 0 saturated carbocycles. The Hall–Kier alpha value is -9.53. The standard InChI is InChI=1S/C84H53B27/c1-20-26-31-34-36-40-46-64-61(44-39-35-32-27-21-2)62(43-38-33-28-22-3)65(45-37-29-23-4)77-75-63(42-30-24-5)60(41-25-6)49(9)54(14)68(75)59(19)74(76(64)77)70-53(13)48(8)51(11)67-57(17)72-66(58(18)73(67)70)50(10)47(7)52(12)69(72)71-55(15)56(16)80(85)79-78(71)81(102(88)106(89)90)83(103(100-86)107(91)92)84(104(108(93)94)109(95)96)82(79)105(110(97)98)111(99)101-87/h1,3,5,81,83H,2,4,6-19H3. The van der Waals surface area contributed by atoms with Gasteiger partial charge in [-0.15, -0.1) is 36.1 Å². The summed E-state index contributed by atoms with van der Waals surface area (Å²) in [5.41, 5.74) is 19.9. The lowest BCUT2D eigenvalue weighted by atomic mass is 8.66. The molecule has 8 rings (SSSR count). The average Bonchev–Trinajstić information content (AvgIpc) is 0.688. The van der Waals surface area contributed by atoms with E-state index in [1.54, 1.807) is 20.8 Å². The Balaban J connectivity index is 1.89. The van der Waals surface area contributed by atoms with Gasteiger partial charge in [0.25, 0.3) is 0 Å². The molecule has 0 fully saturated rings. The highest BCUT2D eigenvalue weighted by molar-refractivity contribution is 7.89. The third-order valence-corrected chi connectivity index (χ3v) is 22.2. The number of terminal acetylenes is 3. The number of allylic oxidation sites excluding steroid dienone is 1. The van der Waals surface area contributed by atoms with Gasteiger partial charge in [-0.25, -0.2) is 0 Å². The van der Waals surface area contributed by atoms with Crippen molar-refractivity contribution in [1.29, 1.82) is 0 Å². The zero-order chi connectivity index (χ0) is 82.2. The summed E-state index contributed by atoms with van der Waals surface area (Å²) < 4.78 is 0. The Labute approximate surface area is 689 Å². The summed E-state index contributed by atoms with van der Waals surface area (Å²) in [7, 11) is 108. The van der Waals surface area contributed by atoms with E-state index in [2.05, 4.69) is 229 Å². The fourth-order valence-corrected chi connectivity index (χ4v) is 16.7. The van der Waals surface area contributed by atoms with Crippen molar-refractivity contribution >= 4 is 249 Å². The van der Waals surface area contributed by atoms with Gasteiger partial charge in [-0.2, -0.15) is 0 Å². The van der Waals surface area contributed by atoms with Crippen molar-refractivity contribution in [3.8, 4) is 201 Å². The van der Waals surface area contributed by atoms with Gasteiger partial charge in [-0.3, -0.25) is 0 Å². The molecule has 0 spiro atoms. The van der Waals surface area contributed by atoms with Crippen molar-refractivity contribution in [2.75, 3.05) is 0 Å². The van der Waals surface area contributed by atoms with Crippen LogP contribution in [0.4, 0.5) is 0 Å². The van der Waals surface area contributed by atoms with Crippen LogP contribution in [0.5, 0.6) is 0 Å². The van der Waals surface area contributed by atoms with Crippen LogP contribution in [-0.2, 0) is 0 Å². The van der Waals surface area contributed by atoms with Gasteiger partial charge in [0.15, 0.2) is 0 Å². The number of rotatable bonds is 14. The van der Waals surface area contributed by atoms with Crippen LogP contribution >= 0.6 is 0 Å². The molecule has 0 N–H and O–H groups in total. The molecule has 7 aromatic rings. The topological polar surface area (TPSA) is 0 Å². The second kappa shape index (κ2) is 37.2. The van der Waals surface area contributed by atoms with Crippen LogP contribution in [0.2, 0.25) is 5.82 Å². The van der Waals surface area contributed by atoms with Gasteiger partial charge in [0.2, 0.25) is 0 Å². The van der Waals surface area contributed by atoms with E-state index in [1.807, 2.05) is 20.8 Å².